The number of nitrogens with two attached hydrogens (primary N) is 1. The Kier molecular flexibility index (Phi) is 9.26. The zero-order valence-corrected chi connectivity index (χ0v) is 17.3. The molecule has 1 aromatic carbocycles. The highest BCUT2D eigenvalue weighted by atomic mass is 35.5. The molecule has 3 rings (SSSR count). The van der Waals surface area contributed by atoms with Crippen molar-refractivity contribution in [2.45, 2.75) is 44.9 Å². The summed E-state index contributed by atoms with van der Waals surface area (Å²) in [5.41, 5.74) is 8.23. The molecule has 1 aliphatic carbocycles. The molecule has 0 bridgehead atoms. The Morgan fingerprint density at radius 1 is 1.30 bits per heavy atom. The van der Waals surface area contributed by atoms with E-state index in [0.29, 0.717) is 13.0 Å². The van der Waals surface area contributed by atoms with E-state index in [1.807, 2.05) is 42.0 Å². The average Bonchev–Trinajstić information content (AvgIpc) is 3.06. The average molecular weight is 415 g/mol. The van der Waals surface area contributed by atoms with Gasteiger partial charge in [-0.2, -0.15) is 0 Å². The Balaban J connectivity index is 0.00000182. The SMILES string of the molecule is CO[C@@H]1CC[C@H](C(=O)NCc2ccc(-n3ccnc3C)cc2)C[C@H]1N.Cl.Cl. The standard InChI is InChI=1S/C19H26N4O2.2ClH/c1-13-21-9-10-23(13)16-6-3-14(4-7-16)12-22-19(24)15-5-8-18(25-2)17(20)11-15;;/h3-4,6-7,9-10,15,17-18H,5,8,11-12,20H2,1-2H3,(H,22,24);2*1H/t15-,17+,18+;;/m0../s1. The molecule has 1 saturated carbocycles. The molecule has 0 spiro atoms. The van der Waals surface area contributed by atoms with E-state index in [1.165, 1.54) is 0 Å². The van der Waals surface area contributed by atoms with Gasteiger partial charge in [-0.3, -0.25) is 4.79 Å². The van der Waals surface area contributed by atoms with Crippen LogP contribution >= 0.6 is 24.8 Å². The molecule has 3 N–H and O–H groups in total. The van der Waals surface area contributed by atoms with Crippen molar-refractivity contribution >= 4 is 30.7 Å². The number of carbonyl (C=O) groups excluding carboxylic acids is 1. The van der Waals surface area contributed by atoms with Crippen molar-refractivity contribution in [3.8, 4) is 5.69 Å². The molecule has 27 heavy (non-hydrogen) atoms. The van der Waals surface area contributed by atoms with Crippen LogP contribution in [0, 0.1) is 12.8 Å². The Labute approximate surface area is 172 Å². The van der Waals surface area contributed by atoms with Gasteiger partial charge in [-0.15, -0.1) is 24.8 Å². The third-order valence-corrected chi connectivity index (χ3v) is 5.01. The molecule has 0 radical (unpaired) electrons. The summed E-state index contributed by atoms with van der Waals surface area (Å²) >= 11 is 0. The number of ether oxygens (including phenoxy) is 1. The van der Waals surface area contributed by atoms with Crippen LogP contribution in [-0.2, 0) is 16.1 Å². The lowest BCUT2D eigenvalue weighted by molar-refractivity contribution is -0.127. The molecule has 6 nitrogen and oxygen atoms in total. The van der Waals surface area contributed by atoms with Crippen molar-refractivity contribution in [2.75, 3.05) is 7.11 Å². The van der Waals surface area contributed by atoms with E-state index in [4.69, 9.17) is 10.5 Å². The molecule has 1 aliphatic rings. The number of rotatable bonds is 5. The number of nitrogens with one attached hydrogen (secondary N) is 1. The zero-order chi connectivity index (χ0) is 17.8. The third-order valence-electron chi connectivity index (χ3n) is 5.01. The molecular weight excluding hydrogens is 387 g/mol. The number of hydrogen-bond donors (Lipinski definition) is 2. The fourth-order valence-corrected chi connectivity index (χ4v) is 3.47. The molecule has 1 aromatic heterocycles. The summed E-state index contributed by atoms with van der Waals surface area (Å²) in [6.07, 6.45) is 6.15. The van der Waals surface area contributed by atoms with Crippen molar-refractivity contribution in [2.24, 2.45) is 11.7 Å². The summed E-state index contributed by atoms with van der Waals surface area (Å²) < 4.78 is 7.37. The Bertz CT molecular complexity index is 721. The van der Waals surface area contributed by atoms with Crippen molar-refractivity contribution in [3.63, 3.8) is 0 Å². The highest BCUT2D eigenvalue weighted by Gasteiger charge is 2.31. The molecule has 2 aromatic rings. The fraction of sp³-hybridized carbons (Fsp3) is 0.474. The monoisotopic (exact) mass is 414 g/mol. The van der Waals surface area contributed by atoms with Gasteiger partial charge in [0.1, 0.15) is 5.82 Å². The Morgan fingerprint density at radius 2 is 2.00 bits per heavy atom. The van der Waals surface area contributed by atoms with Gasteiger partial charge >= 0.3 is 0 Å². The first kappa shape index (κ1) is 23.4. The van der Waals surface area contributed by atoms with Crippen LogP contribution in [0.2, 0.25) is 0 Å². The van der Waals surface area contributed by atoms with Crippen LogP contribution in [-0.4, -0.2) is 34.7 Å². The number of aryl methyl sites for hydroxylation is 1. The first-order valence-corrected chi connectivity index (χ1v) is 8.74. The summed E-state index contributed by atoms with van der Waals surface area (Å²) in [7, 11) is 1.68. The second kappa shape index (κ2) is 10.7. The van der Waals surface area contributed by atoms with Crippen molar-refractivity contribution in [1.82, 2.24) is 14.9 Å². The minimum atomic E-state index is -0.0628. The number of methoxy groups -OCH3 is 1. The highest BCUT2D eigenvalue weighted by molar-refractivity contribution is 5.85. The van der Waals surface area contributed by atoms with Gasteiger partial charge < -0.3 is 20.4 Å². The van der Waals surface area contributed by atoms with Gasteiger partial charge in [0.05, 0.1) is 6.10 Å². The van der Waals surface area contributed by atoms with Crippen LogP contribution in [0.5, 0.6) is 0 Å². The number of nitrogens with zero attached hydrogens (tertiary/aromatic N) is 2. The number of benzene rings is 1. The Hall–Kier alpha value is -1.60. The van der Waals surface area contributed by atoms with Crippen molar-refractivity contribution < 1.29 is 9.53 Å². The highest BCUT2D eigenvalue weighted by Crippen LogP contribution is 2.25. The Morgan fingerprint density at radius 3 is 2.56 bits per heavy atom. The summed E-state index contributed by atoms with van der Waals surface area (Å²) in [6, 6.07) is 8.07. The normalized spacial score (nSPS) is 21.7. The van der Waals surface area contributed by atoms with Crippen LogP contribution < -0.4 is 11.1 Å². The number of hydrogen-bond acceptors (Lipinski definition) is 4. The van der Waals surface area contributed by atoms with Crippen molar-refractivity contribution in [3.05, 3.63) is 48.0 Å². The van der Waals surface area contributed by atoms with Crippen LogP contribution in [0.1, 0.15) is 30.7 Å². The molecule has 8 heteroatoms. The number of amides is 1. The molecule has 3 atom stereocenters. The van der Waals surface area contributed by atoms with Crippen LogP contribution in [0.3, 0.4) is 0 Å². The lowest BCUT2D eigenvalue weighted by Crippen LogP contribution is -2.45. The van der Waals surface area contributed by atoms with Gasteiger partial charge in [0.2, 0.25) is 5.91 Å². The summed E-state index contributed by atoms with van der Waals surface area (Å²) in [6.45, 7) is 2.50. The summed E-state index contributed by atoms with van der Waals surface area (Å²) in [5.74, 6) is 1.01. The molecule has 1 heterocycles. The zero-order valence-electron chi connectivity index (χ0n) is 15.6. The molecule has 0 aliphatic heterocycles. The number of aromatic nitrogens is 2. The van der Waals surface area contributed by atoms with E-state index in [1.54, 1.807) is 13.3 Å². The largest absolute Gasteiger partial charge is 0.380 e. The molecular formula is C19H28Cl2N4O2. The second-order valence-electron chi connectivity index (χ2n) is 6.68. The topological polar surface area (TPSA) is 82.2 Å². The van der Waals surface area contributed by atoms with E-state index >= 15 is 0 Å². The number of imidazole rings is 1. The maximum atomic E-state index is 12.4. The van der Waals surface area contributed by atoms with Crippen LogP contribution in [0.4, 0.5) is 0 Å². The summed E-state index contributed by atoms with van der Waals surface area (Å²) in [4.78, 5) is 16.6. The van der Waals surface area contributed by atoms with Gasteiger partial charge in [0.25, 0.3) is 0 Å². The van der Waals surface area contributed by atoms with E-state index in [9.17, 15) is 4.79 Å². The summed E-state index contributed by atoms with van der Waals surface area (Å²) in [5, 5.41) is 3.03. The van der Waals surface area contributed by atoms with E-state index in [2.05, 4.69) is 10.3 Å². The molecule has 1 amide bonds. The first-order valence-electron chi connectivity index (χ1n) is 8.74. The van der Waals surface area contributed by atoms with Crippen LogP contribution in [0.15, 0.2) is 36.7 Å². The van der Waals surface area contributed by atoms with E-state index in [0.717, 1.165) is 29.9 Å². The lowest BCUT2D eigenvalue weighted by atomic mass is 9.83. The fourth-order valence-electron chi connectivity index (χ4n) is 3.47. The number of carbonyl (C=O) groups is 1. The predicted molar refractivity (Wildman–Crippen MR) is 111 cm³/mol. The molecule has 0 unspecified atom stereocenters. The molecule has 1 fully saturated rings. The maximum absolute atomic E-state index is 12.4. The molecule has 0 saturated heterocycles. The smallest absolute Gasteiger partial charge is 0.223 e. The van der Waals surface area contributed by atoms with Gasteiger partial charge in [-0.1, -0.05) is 12.1 Å². The second-order valence-corrected chi connectivity index (χ2v) is 6.68. The first-order chi connectivity index (χ1) is 12.1. The van der Waals surface area contributed by atoms with E-state index < -0.39 is 0 Å². The number of halogens is 2. The minimum absolute atomic E-state index is 0. The predicted octanol–water partition coefficient (Wildman–Crippen LogP) is 2.78. The quantitative estimate of drug-likeness (QED) is 0.787. The van der Waals surface area contributed by atoms with E-state index in [-0.39, 0.29) is 48.8 Å². The maximum Gasteiger partial charge on any atom is 0.223 e. The van der Waals surface area contributed by atoms with Crippen molar-refractivity contribution in [1.29, 1.82) is 0 Å². The lowest BCUT2D eigenvalue weighted by Gasteiger charge is -2.32. The molecule has 150 valence electrons. The minimum Gasteiger partial charge on any atom is -0.380 e. The third kappa shape index (κ3) is 5.69. The van der Waals surface area contributed by atoms with Gasteiger partial charge in [0, 0.05) is 43.7 Å². The van der Waals surface area contributed by atoms with Gasteiger partial charge in [0.15, 0.2) is 0 Å². The van der Waals surface area contributed by atoms with Gasteiger partial charge in [-0.25, -0.2) is 4.98 Å². The van der Waals surface area contributed by atoms with Crippen LogP contribution in [0.25, 0.3) is 5.69 Å². The van der Waals surface area contributed by atoms with Gasteiger partial charge in [-0.05, 0) is 43.9 Å².